The van der Waals surface area contributed by atoms with Crippen LogP contribution in [0.1, 0.15) is 35.4 Å². The summed E-state index contributed by atoms with van der Waals surface area (Å²) in [6, 6.07) is 0. The van der Waals surface area contributed by atoms with Gasteiger partial charge in [0.1, 0.15) is 5.69 Å². The summed E-state index contributed by atoms with van der Waals surface area (Å²) in [5, 5.41) is 15.5. The number of rotatable bonds is 5. The van der Waals surface area contributed by atoms with Crippen LogP contribution in [0.2, 0.25) is 0 Å². The van der Waals surface area contributed by atoms with Crippen LogP contribution in [0.5, 0.6) is 0 Å². The molecule has 100 valence electrons. The van der Waals surface area contributed by atoms with Crippen LogP contribution in [0.4, 0.5) is 8.78 Å². The van der Waals surface area contributed by atoms with E-state index < -0.39 is 23.8 Å². The molecule has 1 fully saturated rings. The van der Waals surface area contributed by atoms with Crippen molar-refractivity contribution in [1.82, 2.24) is 19.9 Å². The van der Waals surface area contributed by atoms with Gasteiger partial charge in [-0.15, -0.1) is 5.10 Å². The van der Waals surface area contributed by atoms with E-state index in [-0.39, 0.29) is 6.54 Å². The summed E-state index contributed by atoms with van der Waals surface area (Å²) in [4.78, 5) is 12.9. The van der Waals surface area contributed by atoms with Crippen LogP contribution in [-0.4, -0.2) is 50.6 Å². The van der Waals surface area contributed by atoms with Crippen LogP contribution in [0.3, 0.4) is 0 Å². The van der Waals surface area contributed by atoms with Gasteiger partial charge in [0.25, 0.3) is 6.43 Å². The van der Waals surface area contributed by atoms with Gasteiger partial charge in [-0.25, -0.2) is 18.3 Å². The van der Waals surface area contributed by atoms with Crippen LogP contribution in [0.25, 0.3) is 0 Å². The Bertz CT molecular complexity index is 430. The van der Waals surface area contributed by atoms with Gasteiger partial charge in [0.15, 0.2) is 5.69 Å². The number of hydrogen-bond acceptors (Lipinski definition) is 4. The van der Waals surface area contributed by atoms with Crippen LogP contribution in [0, 0.1) is 0 Å². The van der Waals surface area contributed by atoms with Crippen LogP contribution >= 0.6 is 0 Å². The first-order chi connectivity index (χ1) is 8.59. The summed E-state index contributed by atoms with van der Waals surface area (Å²) in [5.41, 5.74) is -1.27. The topological polar surface area (TPSA) is 71.2 Å². The molecule has 0 aromatic carbocycles. The molecule has 0 spiro atoms. The van der Waals surface area contributed by atoms with Gasteiger partial charge >= 0.3 is 5.97 Å². The summed E-state index contributed by atoms with van der Waals surface area (Å²) in [7, 11) is 0. The van der Waals surface area contributed by atoms with Crippen molar-refractivity contribution in [2.45, 2.75) is 25.8 Å². The smallest absolute Gasteiger partial charge is 0.358 e. The molecule has 1 N–H and O–H groups in total. The largest absolute Gasteiger partial charge is 0.476 e. The lowest BCUT2D eigenvalue weighted by Gasteiger charge is -2.14. The fourth-order valence-electron chi connectivity index (χ4n) is 2.10. The minimum Gasteiger partial charge on any atom is -0.476 e. The molecular weight excluding hydrogens is 246 g/mol. The second kappa shape index (κ2) is 5.38. The number of nitrogens with zero attached hydrogens (tertiary/aromatic N) is 4. The van der Waals surface area contributed by atoms with E-state index in [1.807, 2.05) is 0 Å². The van der Waals surface area contributed by atoms with Crippen LogP contribution < -0.4 is 0 Å². The van der Waals surface area contributed by atoms with Gasteiger partial charge in [-0.05, 0) is 25.9 Å². The highest BCUT2D eigenvalue weighted by Crippen LogP contribution is 2.21. The molecule has 1 aromatic rings. The van der Waals surface area contributed by atoms with Crippen molar-refractivity contribution >= 4 is 5.97 Å². The molecule has 18 heavy (non-hydrogen) atoms. The third-order valence-electron chi connectivity index (χ3n) is 3.01. The van der Waals surface area contributed by atoms with Gasteiger partial charge in [-0.2, -0.15) is 0 Å². The number of aromatic nitrogens is 3. The Hall–Kier alpha value is -1.57. The second-order valence-electron chi connectivity index (χ2n) is 4.20. The molecule has 1 aliphatic rings. The van der Waals surface area contributed by atoms with Crippen LogP contribution in [-0.2, 0) is 6.54 Å². The molecule has 0 radical (unpaired) electrons. The molecule has 1 saturated heterocycles. The minimum absolute atomic E-state index is 0.236. The third-order valence-corrected chi connectivity index (χ3v) is 3.01. The number of carboxylic acid groups (broad SMARTS) is 1. The number of carbonyl (C=O) groups is 1. The SMILES string of the molecule is O=C(O)c1nnn(CCN2CCCC2)c1C(F)F. The molecule has 6 nitrogen and oxygen atoms in total. The number of halogens is 2. The van der Waals surface area contributed by atoms with E-state index in [0.29, 0.717) is 6.54 Å². The highest BCUT2D eigenvalue weighted by molar-refractivity contribution is 5.86. The first-order valence-corrected chi connectivity index (χ1v) is 5.76. The van der Waals surface area contributed by atoms with Gasteiger partial charge in [0.05, 0.1) is 6.54 Å². The molecule has 0 amide bonds. The molecule has 2 heterocycles. The molecule has 0 saturated carbocycles. The summed E-state index contributed by atoms with van der Waals surface area (Å²) in [5.74, 6) is -1.47. The maximum absolute atomic E-state index is 12.8. The highest BCUT2D eigenvalue weighted by atomic mass is 19.3. The number of aromatic carboxylic acids is 1. The Labute approximate surface area is 102 Å². The normalized spacial score (nSPS) is 16.6. The quantitative estimate of drug-likeness (QED) is 0.855. The van der Waals surface area contributed by atoms with Gasteiger partial charge in [-0.1, -0.05) is 5.21 Å². The first-order valence-electron chi connectivity index (χ1n) is 5.76. The summed E-state index contributed by atoms with van der Waals surface area (Å²) < 4.78 is 26.6. The number of hydrogen-bond donors (Lipinski definition) is 1. The van der Waals surface area contributed by atoms with E-state index in [1.54, 1.807) is 0 Å². The Kier molecular flexibility index (Phi) is 3.85. The fourth-order valence-corrected chi connectivity index (χ4v) is 2.10. The van der Waals surface area contributed by atoms with E-state index in [1.165, 1.54) is 0 Å². The van der Waals surface area contributed by atoms with Crippen molar-refractivity contribution in [2.24, 2.45) is 0 Å². The van der Waals surface area contributed by atoms with Gasteiger partial charge in [0, 0.05) is 6.54 Å². The summed E-state index contributed by atoms with van der Waals surface area (Å²) >= 11 is 0. The average Bonchev–Trinajstić information content (AvgIpc) is 2.95. The van der Waals surface area contributed by atoms with E-state index in [9.17, 15) is 13.6 Å². The Balaban J connectivity index is 2.09. The molecule has 0 atom stereocenters. The second-order valence-corrected chi connectivity index (χ2v) is 4.20. The van der Waals surface area contributed by atoms with E-state index in [0.717, 1.165) is 30.6 Å². The lowest BCUT2D eigenvalue weighted by molar-refractivity contribution is 0.0675. The Morgan fingerprint density at radius 1 is 1.33 bits per heavy atom. The van der Waals surface area contributed by atoms with Crippen molar-refractivity contribution in [3.63, 3.8) is 0 Å². The predicted octanol–water partition coefficient (Wildman–Crippen LogP) is 1.01. The molecule has 0 bridgehead atoms. The van der Waals surface area contributed by atoms with Gasteiger partial charge in [-0.3, -0.25) is 0 Å². The van der Waals surface area contributed by atoms with Crippen molar-refractivity contribution in [1.29, 1.82) is 0 Å². The van der Waals surface area contributed by atoms with Crippen molar-refractivity contribution < 1.29 is 18.7 Å². The van der Waals surface area contributed by atoms with Crippen molar-refractivity contribution in [3.8, 4) is 0 Å². The van der Waals surface area contributed by atoms with Crippen LogP contribution in [0.15, 0.2) is 0 Å². The maximum atomic E-state index is 12.8. The zero-order chi connectivity index (χ0) is 13.1. The summed E-state index contributed by atoms with van der Waals surface area (Å²) in [6.45, 7) is 2.72. The number of likely N-dealkylation sites (tertiary alicyclic amines) is 1. The molecule has 2 rings (SSSR count). The zero-order valence-corrected chi connectivity index (χ0v) is 9.72. The lowest BCUT2D eigenvalue weighted by atomic mass is 10.3. The zero-order valence-electron chi connectivity index (χ0n) is 9.72. The lowest BCUT2D eigenvalue weighted by Crippen LogP contribution is -2.25. The van der Waals surface area contributed by atoms with Gasteiger partial charge in [0.2, 0.25) is 0 Å². The Morgan fingerprint density at radius 2 is 2.00 bits per heavy atom. The van der Waals surface area contributed by atoms with Gasteiger partial charge < -0.3 is 10.0 Å². The minimum atomic E-state index is -2.88. The molecule has 0 aliphatic carbocycles. The molecule has 8 heteroatoms. The number of carboxylic acids is 1. The fraction of sp³-hybridized carbons (Fsp3) is 0.700. The van der Waals surface area contributed by atoms with Crippen molar-refractivity contribution in [2.75, 3.05) is 19.6 Å². The van der Waals surface area contributed by atoms with E-state index in [4.69, 9.17) is 5.11 Å². The van der Waals surface area contributed by atoms with E-state index >= 15 is 0 Å². The molecule has 0 unspecified atom stereocenters. The Morgan fingerprint density at radius 3 is 2.56 bits per heavy atom. The molecule has 1 aromatic heterocycles. The monoisotopic (exact) mass is 260 g/mol. The standard InChI is InChI=1S/C10H14F2N4O2/c11-9(12)8-7(10(17)18)13-14-16(8)6-5-15-3-1-2-4-15/h9H,1-6H2,(H,17,18). The van der Waals surface area contributed by atoms with Crippen molar-refractivity contribution in [3.05, 3.63) is 11.4 Å². The summed E-state index contributed by atoms with van der Waals surface area (Å²) in [6.07, 6.45) is -0.663. The highest BCUT2D eigenvalue weighted by Gasteiger charge is 2.26. The molecule has 1 aliphatic heterocycles. The first kappa shape index (κ1) is 12.9. The molecular formula is C10H14F2N4O2. The number of alkyl halides is 2. The maximum Gasteiger partial charge on any atom is 0.358 e. The third kappa shape index (κ3) is 2.63. The average molecular weight is 260 g/mol. The predicted molar refractivity (Wildman–Crippen MR) is 57.6 cm³/mol. The van der Waals surface area contributed by atoms with E-state index in [2.05, 4.69) is 15.2 Å².